The summed E-state index contributed by atoms with van der Waals surface area (Å²) < 4.78 is 17.6. The number of aryl methyl sites for hydroxylation is 2. The molecule has 1 unspecified atom stereocenters. The SMILES string of the molecule is c1ccc(Oc2cnc(CCCc3nccs3)c(OCC3CCCO3)c2)nc1. The molecule has 3 aromatic rings. The number of nitrogens with zero attached hydrogens (tertiary/aromatic N) is 3. The molecular formula is C21H23N3O3S. The van der Waals surface area contributed by atoms with Gasteiger partial charge < -0.3 is 14.2 Å². The van der Waals surface area contributed by atoms with Gasteiger partial charge in [0.05, 0.1) is 23.0 Å². The van der Waals surface area contributed by atoms with Crippen LogP contribution < -0.4 is 9.47 Å². The number of ether oxygens (including phenoxy) is 3. The van der Waals surface area contributed by atoms with E-state index in [0.29, 0.717) is 18.2 Å². The number of hydrogen-bond donors (Lipinski definition) is 0. The first-order valence-corrected chi connectivity index (χ1v) is 10.5. The monoisotopic (exact) mass is 397 g/mol. The Morgan fingerprint density at radius 1 is 1.14 bits per heavy atom. The van der Waals surface area contributed by atoms with E-state index in [-0.39, 0.29) is 6.10 Å². The molecule has 0 amide bonds. The lowest BCUT2D eigenvalue weighted by Crippen LogP contribution is -2.17. The van der Waals surface area contributed by atoms with Gasteiger partial charge in [-0.3, -0.25) is 4.98 Å². The quantitative estimate of drug-likeness (QED) is 0.531. The van der Waals surface area contributed by atoms with Gasteiger partial charge in [-0.1, -0.05) is 6.07 Å². The third-order valence-corrected chi connectivity index (χ3v) is 5.34. The summed E-state index contributed by atoms with van der Waals surface area (Å²) in [6.45, 7) is 1.35. The van der Waals surface area contributed by atoms with E-state index in [2.05, 4.69) is 15.0 Å². The maximum atomic E-state index is 6.09. The van der Waals surface area contributed by atoms with Crippen LogP contribution in [0.15, 0.2) is 48.2 Å². The number of thiazole rings is 1. The lowest BCUT2D eigenvalue weighted by molar-refractivity contribution is 0.0673. The van der Waals surface area contributed by atoms with Crippen molar-refractivity contribution in [3.05, 3.63) is 58.9 Å². The molecule has 7 heteroatoms. The van der Waals surface area contributed by atoms with E-state index in [1.165, 1.54) is 0 Å². The molecule has 1 fully saturated rings. The van der Waals surface area contributed by atoms with Gasteiger partial charge in [-0.25, -0.2) is 9.97 Å². The third-order valence-electron chi connectivity index (χ3n) is 4.50. The fourth-order valence-electron chi connectivity index (χ4n) is 3.09. The second kappa shape index (κ2) is 9.61. The van der Waals surface area contributed by atoms with Crippen molar-refractivity contribution in [3.63, 3.8) is 0 Å². The van der Waals surface area contributed by atoms with Gasteiger partial charge in [0.2, 0.25) is 5.88 Å². The second-order valence-electron chi connectivity index (χ2n) is 6.61. The van der Waals surface area contributed by atoms with Gasteiger partial charge in [0.1, 0.15) is 12.4 Å². The predicted molar refractivity (Wildman–Crippen MR) is 107 cm³/mol. The molecule has 3 aromatic heterocycles. The zero-order chi connectivity index (χ0) is 19.0. The minimum Gasteiger partial charge on any atom is -0.489 e. The smallest absolute Gasteiger partial charge is 0.219 e. The molecule has 0 aliphatic carbocycles. The lowest BCUT2D eigenvalue weighted by atomic mass is 10.1. The topological polar surface area (TPSA) is 66.4 Å². The van der Waals surface area contributed by atoms with Gasteiger partial charge in [0.25, 0.3) is 0 Å². The normalized spacial score (nSPS) is 16.2. The Hall–Kier alpha value is -2.51. The van der Waals surface area contributed by atoms with E-state index in [1.54, 1.807) is 23.7 Å². The summed E-state index contributed by atoms with van der Waals surface area (Å²) in [6, 6.07) is 7.45. The van der Waals surface area contributed by atoms with Gasteiger partial charge in [-0.15, -0.1) is 11.3 Å². The third kappa shape index (κ3) is 5.27. The average molecular weight is 398 g/mol. The standard InChI is InChI=1S/C21H23N3O3S/c1-2-9-22-20(7-1)27-17-13-19(26-15-16-5-4-11-25-16)18(24-14-17)6-3-8-21-23-10-12-28-21/h1-2,7,9-10,12-14,16H,3-6,8,11,15H2. The van der Waals surface area contributed by atoms with Crippen molar-refractivity contribution in [1.82, 2.24) is 15.0 Å². The van der Waals surface area contributed by atoms with Crippen LogP contribution in [0, 0.1) is 0 Å². The molecule has 1 atom stereocenters. The fourth-order valence-corrected chi connectivity index (χ4v) is 3.76. The second-order valence-corrected chi connectivity index (χ2v) is 7.59. The molecule has 1 saturated heterocycles. The minimum absolute atomic E-state index is 0.156. The van der Waals surface area contributed by atoms with Crippen LogP contribution in [0.4, 0.5) is 0 Å². The van der Waals surface area contributed by atoms with Crippen LogP contribution in [-0.2, 0) is 17.6 Å². The molecule has 0 N–H and O–H groups in total. The van der Waals surface area contributed by atoms with Crippen molar-refractivity contribution in [1.29, 1.82) is 0 Å². The van der Waals surface area contributed by atoms with Crippen molar-refractivity contribution in [2.75, 3.05) is 13.2 Å². The molecule has 28 heavy (non-hydrogen) atoms. The summed E-state index contributed by atoms with van der Waals surface area (Å²) in [4.78, 5) is 13.1. The largest absolute Gasteiger partial charge is 0.489 e. The summed E-state index contributed by atoms with van der Waals surface area (Å²) in [7, 11) is 0. The van der Waals surface area contributed by atoms with E-state index >= 15 is 0 Å². The van der Waals surface area contributed by atoms with Gasteiger partial charge in [-0.2, -0.15) is 0 Å². The zero-order valence-corrected chi connectivity index (χ0v) is 16.4. The van der Waals surface area contributed by atoms with E-state index in [1.807, 2.05) is 35.8 Å². The van der Waals surface area contributed by atoms with Gasteiger partial charge >= 0.3 is 0 Å². The minimum atomic E-state index is 0.156. The molecule has 4 rings (SSSR count). The van der Waals surface area contributed by atoms with Gasteiger partial charge in [-0.05, 0) is 38.2 Å². The molecule has 0 spiro atoms. The van der Waals surface area contributed by atoms with E-state index in [9.17, 15) is 0 Å². The van der Waals surface area contributed by atoms with Crippen molar-refractivity contribution < 1.29 is 14.2 Å². The molecule has 4 heterocycles. The Morgan fingerprint density at radius 3 is 2.93 bits per heavy atom. The maximum Gasteiger partial charge on any atom is 0.219 e. The number of aromatic nitrogens is 3. The van der Waals surface area contributed by atoms with Crippen LogP contribution in [-0.4, -0.2) is 34.3 Å². The first-order valence-electron chi connectivity index (χ1n) is 9.57. The first-order chi connectivity index (χ1) is 13.9. The van der Waals surface area contributed by atoms with Crippen LogP contribution in [0.3, 0.4) is 0 Å². The summed E-state index contributed by atoms with van der Waals surface area (Å²) in [6.07, 6.45) is 10.3. The summed E-state index contributed by atoms with van der Waals surface area (Å²) in [5.74, 6) is 1.90. The van der Waals surface area contributed by atoms with E-state index in [0.717, 1.165) is 55.2 Å². The average Bonchev–Trinajstić information content (AvgIpc) is 3.43. The van der Waals surface area contributed by atoms with Crippen LogP contribution in [0.1, 0.15) is 30.0 Å². The van der Waals surface area contributed by atoms with E-state index in [4.69, 9.17) is 14.2 Å². The molecule has 0 radical (unpaired) electrons. The fraction of sp³-hybridized carbons (Fsp3) is 0.381. The molecule has 0 bridgehead atoms. The van der Waals surface area contributed by atoms with E-state index < -0.39 is 0 Å². The van der Waals surface area contributed by atoms with Crippen LogP contribution in [0.2, 0.25) is 0 Å². The van der Waals surface area contributed by atoms with Crippen molar-refractivity contribution in [3.8, 4) is 17.4 Å². The number of hydrogen-bond acceptors (Lipinski definition) is 7. The van der Waals surface area contributed by atoms with Crippen molar-refractivity contribution >= 4 is 11.3 Å². The number of rotatable bonds is 9. The molecule has 1 aliphatic heterocycles. The zero-order valence-electron chi connectivity index (χ0n) is 15.6. The van der Waals surface area contributed by atoms with Gasteiger partial charge in [0, 0.05) is 36.5 Å². The highest BCUT2D eigenvalue weighted by molar-refractivity contribution is 7.09. The van der Waals surface area contributed by atoms with Crippen molar-refractivity contribution in [2.45, 2.75) is 38.2 Å². The first kappa shape index (κ1) is 18.8. The molecule has 6 nitrogen and oxygen atoms in total. The van der Waals surface area contributed by atoms with Crippen molar-refractivity contribution in [2.24, 2.45) is 0 Å². The Balaban J connectivity index is 1.44. The Kier molecular flexibility index (Phi) is 6.47. The molecule has 146 valence electrons. The van der Waals surface area contributed by atoms with Crippen LogP contribution >= 0.6 is 11.3 Å². The van der Waals surface area contributed by atoms with Crippen LogP contribution in [0.25, 0.3) is 0 Å². The summed E-state index contributed by atoms with van der Waals surface area (Å²) >= 11 is 1.69. The molecule has 1 aliphatic rings. The Morgan fingerprint density at radius 2 is 2.14 bits per heavy atom. The predicted octanol–water partition coefficient (Wildman–Crippen LogP) is 4.46. The summed E-state index contributed by atoms with van der Waals surface area (Å²) in [5.41, 5.74) is 0.933. The highest BCUT2D eigenvalue weighted by Crippen LogP contribution is 2.28. The van der Waals surface area contributed by atoms with Gasteiger partial charge in [0.15, 0.2) is 5.75 Å². The van der Waals surface area contributed by atoms with Crippen LogP contribution in [0.5, 0.6) is 17.4 Å². The Bertz CT molecular complexity index is 853. The molecule has 0 aromatic carbocycles. The maximum absolute atomic E-state index is 6.09. The Labute approximate surface area is 168 Å². The molecular weight excluding hydrogens is 374 g/mol. The number of pyridine rings is 2. The highest BCUT2D eigenvalue weighted by Gasteiger charge is 2.18. The summed E-state index contributed by atoms with van der Waals surface area (Å²) in [5, 5.41) is 3.16. The molecule has 0 saturated carbocycles. The highest BCUT2D eigenvalue weighted by atomic mass is 32.1. The lowest BCUT2D eigenvalue weighted by Gasteiger charge is -2.15.